The molecule has 62 valence electrons. The third kappa shape index (κ3) is 2.08. The maximum Gasteiger partial charge on any atom is 0.0894 e. The summed E-state index contributed by atoms with van der Waals surface area (Å²) in [5, 5.41) is 12.6. The number of ether oxygens (including phenoxy) is 1. The van der Waals surface area contributed by atoms with Gasteiger partial charge in [0.2, 0.25) is 0 Å². The normalized spacial score (nSPS) is 36.7. The van der Waals surface area contributed by atoms with E-state index in [0.29, 0.717) is 6.42 Å². The minimum Gasteiger partial charge on any atom is -0.390 e. The first-order chi connectivity index (χ1) is 5.24. The first-order valence-corrected chi connectivity index (χ1v) is 3.58. The second-order valence-electron chi connectivity index (χ2n) is 2.70. The lowest BCUT2D eigenvalue weighted by Gasteiger charge is -2.09. The first kappa shape index (κ1) is 8.33. The van der Waals surface area contributed by atoms with E-state index in [-0.39, 0.29) is 18.8 Å². The van der Waals surface area contributed by atoms with E-state index >= 15 is 0 Å². The lowest BCUT2D eigenvalue weighted by Crippen LogP contribution is -2.23. The molecule has 0 aromatic carbocycles. The van der Waals surface area contributed by atoms with Crippen molar-refractivity contribution in [2.24, 2.45) is 5.11 Å². The Balaban J connectivity index is 2.40. The molecule has 0 radical (unpaired) electrons. The van der Waals surface area contributed by atoms with E-state index < -0.39 is 6.10 Å². The van der Waals surface area contributed by atoms with Crippen LogP contribution in [0, 0.1) is 0 Å². The predicted molar refractivity (Wildman–Crippen MR) is 39.0 cm³/mol. The zero-order chi connectivity index (χ0) is 8.27. The maximum absolute atomic E-state index is 9.28. The Labute approximate surface area is 64.6 Å². The van der Waals surface area contributed by atoms with Crippen molar-refractivity contribution in [3.63, 3.8) is 0 Å². The lowest BCUT2D eigenvalue weighted by molar-refractivity contribution is 0.0224. The summed E-state index contributed by atoms with van der Waals surface area (Å²) in [5.41, 5.74) is 8.00. The summed E-state index contributed by atoms with van der Waals surface area (Å²) in [6.45, 7) is 2.11. The Kier molecular flexibility index (Phi) is 2.70. The van der Waals surface area contributed by atoms with E-state index in [1.54, 1.807) is 0 Å². The number of aliphatic hydroxyl groups is 1. The molecule has 0 amide bonds. The Morgan fingerprint density at radius 1 is 1.82 bits per heavy atom. The molecular formula is C6H11N3O2. The monoisotopic (exact) mass is 157 g/mol. The van der Waals surface area contributed by atoms with Gasteiger partial charge in [-0.1, -0.05) is 5.11 Å². The second-order valence-corrected chi connectivity index (χ2v) is 2.70. The van der Waals surface area contributed by atoms with Gasteiger partial charge in [-0.2, -0.15) is 0 Å². The number of rotatable bonds is 2. The van der Waals surface area contributed by atoms with Crippen LogP contribution >= 0.6 is 0 Å². The van der Waals surface area contributed by atoms with Crippen LogP contribution in [0.5, 0.6) is 0 Å². The zero-order valence-electron chi connectivity index (χ0n) is 6.34. The third-order valence-corrected chi connectivity index (χ3v) is 1.73. The molecule has 5 heteroatoms. The maximum atomic E-state index is 9.28. The average molecular weight is 157 g/mol. The molecule has 1 aliphatic heterocycles. The number of hydrogen-bond acceptors (Lipinski definition) is 3. The van der Waals surface area contributed by atoms with Crippen LogP contribution in [0.3, 0.4) is 0 Å². The predicted octanol–water partition coefficient (Wildman–Crippen LogP) is 0.835. The molecule has 0 saturated carbocycles. The summed E-state index contributed by atoms with van der Waals surface area (Å²) < 4.78 is 5.26. The molecule has 1 rings (SSSR count). The molecule has 1 fully saturated rings. The van der Waals surface area contributed by atoms with Gasteiger partial charge in [-0.15, -0.1) is 0 Å². The zero-order valence-corrected chi connectivity index (χ0v) is 6.34. The summed E-state index contributed by atoms with van der Waals surface area (Å²) >= 11 is 0. The minimum atomic E-state index is -0.476. The summed E-state index contributed by atoms with van der Waals surface area (Å²) in [6.07, 6.45) is -0.0775. The molecule has 5 nitrogen and oxygen atoms in total. The Bertz CT molecular complexity index is 179. The summed E-state index contributed by atoms with van der Waals surface area (Å²) in [4.78, 5) is 2.59. The van der Waals surface area contributed by atoms with Crippen molar-refractivity contribution in [2.45, 2.75) is 31.7 Å². The van der Waals surface area contributed by atoms with E-state index in [1.807, 2.05) is 6.92 Å². The molecule has 1 saturated heterocycles. The molecule has 11 heavy (non-hydrogen) atoms. The van der Waals surface area contributed by atoms with E-state index in [4.69, 9.17) is 10.3 Å². The largest absolute Gasteiger partial charge is 0.390 e. The number of aliphatic hydroxyl groups excluding tert-OH is 1. The van der Waals surface area contributed by atoms with Gasteiger partial charge in [-0.05, 0) is 12.5 Å². The fourth-order valence-electron chi connectivity index (χ4n) is 1.22. The molecule has 0 aliphatic carbocycles. The van der Waals surface area contributed by atoms with E-state index in [1.165, 1.54) is 0 Å². The van der Waals surface area contributed by atoms with Gasteiger partial charge in [0.15, 0.2) is 0 Å². The van der Waals surface area contributed by atoms with Crippen LogP contribution in [0.2, 0.25) is 0 Å². The van der Waals surface area contributed by atoms with Crippen molar-refractivity contribution in [2.75, 3.05) is 6.54 Å². The fraction of sp³-hybridized carbons (Fsp3) is 1.00. The SMILES string of the molecule is CC1C[C@@H](O)[C@@H](CN=[N+]=[N-])O1. The van der Waals surface area contributed by atoms with E-state index in [9.17, 15) is 5.11 Å². The highest BCUT2D eigenvalue weighted by molar-refractivity contribution is 4.81. The topological polar surface area (TPSA) is 78.2 Å². The van der Waals surface area contributed by atoms with Crippen molar-refractivity contribution in [3.05, 3.63) is 10.4 Å². The van der Waals surface area contributed by atoms with Gasteiger partial charge in [-0.3, -0.25) is 0 Å². The molecule has 0 bridgehead atoms. The van der Waals surface area contributed by atoms with Crippen LogP contribution in [0.15, 0.2) is 5.11 Å². The molecule has 1 aliphatic rings. The smallest absolute Gasteiger partial charge is 0.0894 e. The summed E-state index contributed by atoms with van der Waals surface area (Å²) in [7, 11) is 0. The van der Waals surface area contributed by atoms with Crippen LogP contribution in [-0.4, -0.2) is 30.0 Å². The first-order valence-electron chi connectivity index (χ1n) is 3.58. The Hall–Kier alpha value is -0.770. The Morgan fingerprint density at radius 3 is 3.00 bits per heavy atom. The van der Waals surface area contributed by atoms with Gasteiger partial charge < -0.3 is 9.84 Å². The van der Waals surface area contributed by atoms with Crippen molar-refractivity contribution in [3.8, 4) is 0 Å². The van der Waals surface area contributed by atoms with Crippen LogP contribution in [0.1, 0.15) is 13.3 Å². The van der Waals surface area contributed by atoms with Gasteiger partial charge in [0, 0.05) is 11.3 Å². The van der Waals surface area contributed by atoms with Crippen molar-refractivity contribution in [1.82, 2.24) is 0 Å². The fourth-order valence-corrected chi connectivity index (χ4v) is 1.22. The molecule has 1 unspecified atom stereocenters. The van der Waals surface area contributed by atoms with Gasteiger partial charge >= 0.3 is 0 Å². The van der Waals surface area contributed by atoms with Crippen LogP contribution in [0.4, 0.5) is 0 Å². The summed E-state index contributed by atoms with van der Waals surface area (Å²) in [6, 6.07) is 0. The highest BCUT2D eigenvalue weighted by Crippen LogP contribution is 2.19. The molecule has 3 atom stereocenters. The van der Waals surface area contributed by atoms with Crippen LogP contribution in [-0.2, 0) is 4.74 Å². The quantitative estimate of drug-likeness (QED) is 0.366. The van der Waals surface area contributed by atoms with E-state index in [2.05, 4.69) is 10.0 Å². The van der Waals surface area contributed by atoms with Crippen molar-refractivity contribution < 1.29 is 9.84 Å². The number of hydrogen-bond donors (Lipinski definition) is 1. The standard InChI is InChI=1S/C6H11N3O2/c1-4-2-5(10)6(11-4)3-8-9-7/h4-6,10H,2-3H2,1H3/t4?,5-,6-/m1/s1. The van der Waals surface area contributed by atoms with Gasteiger partial charge in [0.1, 0.15) is 0 Å². The second kappa shape index (κ2) is 3.57. The van der Waals surface area contributed by atoms with Crippen LogP contribution < -0.4 is 0 Å². The molecular weight excluding hydrogens is 146 g/mol. The molecule has 1 heterocycles. The van der Waals surface area contributed by atoms with Crippen LogP contribution in [0.25, 0.3) is 10.4 Å². The molecule has 1 N–H and O–H groups in total. The number of azide groups is 1. The highest BCUT2D eigenvalue weighted by atomic mass is 16.5. The summed E-state index contributed by atoms with van der Waals surface area (Å²) in [5.74, 6) is 0. The van der Waals surface area contributed by atoms with Gasteiger partial charge in [0.05, 0.1) is 24.9 Å². The van der Waals surface area contributed by atoms with Gasteiger partial charge in [0.25, 0.3) is 0 Å². The molecule has 0 spiro atoms. The van der Waals surface area contributed by atoms with Crippen molar-refractivity contribution >= 4 is 0 Å². The lowest BCUT2D eigenvalue weighted by atomic mass is 10.1. The molecule has 0 aromatic rings. The van der Waals surface area contributed by atoms with Gasteiger partial charge in [-0.25, -0.2) is 0 Å². The Morgan fingerprint density at radius 2 is 2.55 bits per heavy atom. The molecule has 0 aromatic heterocycles. The van der Waals surface area contributed by atoms with E-state index in [0.717, 1.165) is 0 Å². The van der Waals surface area contributed by atoms with Crippen molar-refractivity contribution in [1.29, 1.82) is 0 Å². The highest BCUT2D eigenvalue weighted by Gasteiger charge is 2.30. The minimum absolute atomic E-state index is 0.0730. The average Bonchev–Trinajstić information content (AvgIpc) is 2.26. The number of nitrogens with zero attached hydrogens (tertiary/aromatic N) is 3. The third-order valence-electron chi connectivity index (χ3n) is 1.73.